The van der Waals surface area contributed by atoms with Crippen LogP contribution < -0.4 is 10.2 Å². The average molecular weight is 385 g/mol. The quantitative estimate of drug-likeness (QED) is 0.658. The van der Waals surface area contributed by atoms with E-state index in [1.807, 2.05) is 59.5 Å². The van der Waals surface area contributed by atoms with Crippen LogP contribution in [0.3, 0.4) is 0 Å². The van der Waals surface area contributed by atoms with Crippen LogP contribution in [0.25, 0.3) is 17.0 Å². The van der Waals surface area contributed by atoms with Crippen LogP contribution in [-0.4, -0.2) is 29.9 Å². The molecule has 1 saturated heterocycles. The Labute approximate surface area is 170 Å². The van der Waals surface area contributed by atoms with Crippen molar-refractivity contribution in [1.82, 2.24) is 10.3 Å². The molecule has 1 aliphatic rings. The first-order valence-electron chi connectivity index (χ1n) is 9.90. The van der Waals surface area contributed by atoms with Crippen molar-refractivity contribution in [3.05, 3.63) is 78.0 Å². The highest BCUT2D eigenvalue weighted by molar-refractivity contribution is 5.95. The topological polar surface area (TPSA) is 62.3 Å². The molecule has 1 fully saturated rings. The molecule has 2 amide bonds. The predicted molar refractivity (Wildman–Crippen MR) is 116 cm³/mol. The summed E-state index contributed by atoms with van der Waals surface area (Å²) in [4.78, 5) is 30.2. The standard InChI is InChI=1S/C24H23N3O2/c28-22(25-16-14-20-5-1-4-19-6-2-15-26-24(19)20)13-10-18-8-11-21(12-9-18)27-17-3-7-23(27)29/h1-2,4-6,8-13,15H,3,7,14,16-17H2,(H,25,28)/b13-10+. The average Bonchev–Trinajstić information content (AvgIpc) is 3.19. The van der Waals surface area contributed by atoms with Crippen molar-refractivity contribution in [2.45, 2.75) is 19.3 Å². The highest BCUT2D eigenvalue weighted by Gasteiger charge is 2.21. The molecular weight excluding hydrogens is 362 g/mol. The van der Waals surface area contributed by atoms with Crippen molar-refractivity contribution < 1.29 is 9.59 Å². The van der Waals surface area contributed by atoms with E-state index >= 15 is 0 Å². The molecule has 1 aliphatic heterocycles. The number of hydrogen-bond donors (Lipinski definition) is 1. The Balaban J connectivity index is 1.30. The van der Waals surface area contributed by atoms with E-state index in [9.17, 15) is 9.59 Å². The summed E-state index contributed by atoms with van der Waals surface area (Å²) in [6, 6.07) is 17.8. The van der Waals surface area contributed by atoms with E-state index in [1.54, 1.807) is 12.3 Å². The van der Waals surface area contributed by atoms with Crippen LogP contribution in [0.1, 0.15) is 24.0 Å². The minimum Gasteiger partial charge on any atom is -0.352 e. The Morgan fingerprint density at radius 2 is 1.93 bits per heavy atom. The van der Waals surface area contributed by atoms with E-state index in [0.717, 1.165) is 47.1 Å². The zero-order chi connectivity index (χ0) is 20.1. The van der Waals surface area contributed by atoms with E-state index < -0.39 is 0 Å². The highest BCUT2D eigenvalue weighted by atomic mass is 16.2. The van der Waals surface area contributed by atoms with Gasteiger partial charge < -0.3 is 10.2 Å². The molecule has 0 aliphatic carbocycles. The van der Waals surface area contributed by atoms with Crippen molar-refractivity contribution in [2.75, 3.05) is 18.0 Å². The molecule has 0 saturated carbocycles. The monoisotopic (exact) mass is 385 g/mol. The zero-order valence-electron chi connectivity index (χ0n) is 16.2. The first kappa shape index (κ1) is 18.9. The highest BCUT2D eigenvalue weighted by Crippen LogP contribution is 2.22. The van der Waals surface area contributed by atoms with Gasteiger partial charge in [0.25, 0.3) is 0 Å². The van der Waals surface area contributed by atoms with Gasteiger partial charge in [-0.15, -0.1) is 0 Å². The van der Waals surface area contributed by atoms with Gasteiger partial charge in [0, 0.05) is 42.9 Å². The van der Waals surface area contributed by atoms with E-state index in [4.69, 9.17) is 0 Å². The maximum absolute atomic E-state index is 12.1. The summed E-state index contributed by atoms with van der Waals surface area (Å²) in [5.74, 6) is 0.0473. The minimum atomic E-state index is -0.128. The van der Waals surface area contributed by atoms with Crippen molar-refractivity contribution >= 4 is 34.5 Å². The summed E-state index contributed by atoms with van der Waals surface area (Å²) >= 11 is 0. The lowest BCUT2D eigenvalue weighted by atomic mass is 10.1. The number of carbonyl (C=O) groups excluding carboxylic acids is 2. The number of benzene rings is 2. The molecule has 2 heterocycles. The lowest BCUT2D eigenvalue weighted by Crippen LogP contribution is -2.23. The normalized spacial score (nSPS) is 14.1. The van der Waals surface area contributed by atoms with Crippen molar-refractivity contribution in [1.29, 1.82) is 0 Å². The van der Waals surface area contributed by atoms with E-state index in [0.29, 0.717) is 13.0 Å². The van der Waals surface area contributed by atoms with Gasteiger partial charge in [0.2, 0.25) is 11.8 Å². The van der Waals surface area contributed by atoms with Crippen LogP contribution in [0.4, 0.5) is 5.69 Å². The second-order valence-corrected chi connectivity index (χ2v) is 7.11. The number of pyridine rings is 1. The number of rotatable bonds is 6. The SMILES string of the molecule is O=C(/C=C/c1ccc(N2CCCC2=O)cc1)NCCc1cccc2cccnc12. The third kappa shape index (κ3) is 4.51. The lowest BCUT2D eigenvalue weighted by molar-refractivity contribution is -0.117. The summed E-state index contributed by atoms with van der Waals surface area (Å²) in [5.41, 5.74) is 3.95. The molecule has 1 aromatic heterocycles. The van der Waals surface area contributed by atoms with Gasteiger partial charge in [-0.05, 0) is 48.2 Å². The molecule has 1 N–H and O–H groups in total. The number of nitrogens with zero attached hydrogens (tertiary/aromatic N) is 2. The van der Waals surface area contributed by atoms with Gasteiger partial charge in [0.1, 0.15) is 0 Å². The third-order valence-corrected chi connectivity index (χ3v) is 5.12. The molecular formula is C24H23N3O2. The maximum Gasteiger partial charge on any atom is 0.244 e. The lowest BCUT2D eigenvalue weighted by Gasteiger charge is -2.15. The Bertz CT molecular complexity index is 1050. The number of carbonyl (C=O) groups is 2. The molecule has 5 nitrogen and oxygen atoms in total. The van der Waals surface area contributed by atoms with Crippen LogP contribution in [0, 0.1) is 0 Å². The van der Waals surface area contributed by atoms with Crippen LogP contribution in [-0.2, 0) is 16.0 Å². The summed E-state index contributed by atoms with van der Waals surface area (Å²) in [6.07, 6.45) is 7.37. The molecule has 0 atom stereocenters. The predicted octanol–water partition coefficient (Wildman–Crippen LogP) is 3.73. The summed E-state index contributed by atoms with van der Waals surface area (Å²) < 4.78 is 0. The van der Waals surface area contributed by atoms with Crippen LogP contribution in [0.2, 0.25) is 0 Å². The van der Waals surface area contributed by atoms with Gasteiger partial charge in [-0.25, -0.2) is 0 Å². The zero-order valence-corrected chi connectivity index (χ0v) is 16.2. The third-order valence-electron chi connectivity index (χ3n) is 5.12. The number of fused-ring (bicyclic) bond motifs is 1. The largest absolute Gasteiger partial charge is 0.352 e. The summed E-state index contributed by atoms with van der Waals surface area (Å²) in [5, 5.41) is 4.03. The second-order valence-electron chi connectivity index (χ2n) is 7.11. The van der Waals surface area contributed by atoms with E-state index in [2.05, 4.69) is 10.3 Å². The molecule has 29 heavy (non-hydrogen) atoms. The fraction of sp³-hybridized carbons (Fsp3) is 0.208. The van der Waals surface area contributed by atoms with E-state index in [-0.39, 0.29) is 11.8 Å². The van der Waals surface area contributed by atoms with Crippen LogP contribution in [0.15, 0.2) is 66.9 Å². The van der Waals surface area contributed by atoms with Gasteiger partial charge in [0.15, 0.2) is 0 Å². The molecule has 0 radical (unpaired) electrons. The van der Waals surface area contributed by atoms with Gasteiger partial charge >= 0.3 is 0 Å². The van der Waals surface area contributed by atoms with Gasteiger partial charge in [0.05, 0.1) is 5.52 Å². The number of hydrogen-bond acceptors (Lipinski definition) is 3. The molecule has 4 rings (SSSR count). The number of anilines is 1. The first-order valence-corrected chi connectivity index (χ1v) is 9.90. The molecule has 0 spiro atoms. The molecule has 5 heteroatoms. The summed E-state index contributed by atoms with van der Waals surface area (Å²) in [6.45, 7) is 1.33. The molecule has 146 valence electrons. The van der Waals surface area contributed by atoms with Crippen molar-refractivity contribution in [3.63, 3.8) is 0 Å². The first-order chi connectivity index (χ1) is 14.2. The van der Waals surface area contributed by atoms with Crippen molar-refractivity contribution in [2.24, 2.45) is 0 Å². The number of nitrogens with one attached hydrogen (secondary N) is 1. The van der Waals surface area contributed by atoms with Gasteiger partial charge in [-0.2, -0.15) is 0 Å². The Hall–Kier alpha value is -3.47. The molecule has 3 aromatic rings. The van der Waals surface area contributed by atoms with Crippen LogP contribution in [0.5, 0.6) is 0 Å². The molecule has 2 aromatic carbocycles. The summed E-state index contributed by atoms with van der Waals surface area (Å²) in [7, 11) is 0. The van der Waals surface area contributed by atoms with Gasteiger partial charge in [-0.3, -0.25) is 14.6 Å². The number of para-hydroxylation sites is 1. The number of aromatic nitrogens is 1. The Kier molecular flexibility index (Phi) is 5.66. The fourth-order valence-electron chi connectivity index (χ4n) is 3.61. The Morgan fingerprint density at radius 3 is 2.72 bits per heavy atom. The molecule has 0 bridgehead atoms. The maximum atomic E-state index is 12.1. The van der Waals surface area contributed by atoms with E-state index in [1.165, 1.54) is 6.08 Å². The Morgan fingerprint density at radius 1 is 1.10 bits per heavy atom. The molecule has 0 unspecified atom stereocenters. The fourth-order valence-corrected chi connectivity index (χ4v) is 3.61. The minimum absolute atomic E-state index is 0.128. The van der Waals surface area contributed by atoms with Crippen molar-refractivity contribution in [3.8, 4) is 0 Å². The number of amides is 2. The van der Waals surface area contributed by atoms with Crippen LogP contribution >= 0.6 is 0 Å². The smallest absolute Gasteiger partial charge is 0.244 e. The second kappa shape index (κ2) is 8.69. The van der Waals surface area contributed by atoms with Gasteiger partial charge in [-0.1, -0.05) is 36.4 Å².